The Kier molecular flexibility index (Phi) is 5.20. The van der Waals surface area contributed by atoms with Crippen molar-refractivity contribution in [3.8, 4) is 16.9 Å². The van der Waals surface area contributed by atoms with Crippen LogP contribution in [0, 0.1) is 0 Å². The van der Waals surface area contributed by atoms with Gasteiger partial charge in [-0.1, -0.05) is 29.8 Å². The summed E-state index contributed by atoms with van der Waals surface area (Å²) in [5.74, 6) is -0.484. The first-order valence-corrected chi connectivity index (χ1v) is 6.70. The molecule has 0 fully saturated rings. The summed E-state index contributed by atoms with van der Waals surface area (Å²) in [5.41, 5.74) is 3.00. The van der Waals surface area contributed by atoms with Gasteiger partial charge in [0.05, 0.1) is 6.61 Å². The number of methoxy groups -OCH3 is 1. The molecular formula is C16H15ClO4. The number of carboxylic acids is 1. The lowest BCUT2D eigenvalue weighted by molar-refractivity contribution is -0.139. The van der Waals surface area contributed by atoms with Gasteiger partial charge in [0.15, 0.2) is 6.61 Å². The van der Waals surface area contributed by atoms with Gasteiger partial charge in [-0.05, 0) is 41.0 Å². The fraction of sp³-hybridized carbons (Fsp3) is 0.188. The van der Waals surface area contributed by atoms with Crippen LogP contribution in [0.15, 0.2) is 42.5 Å². The first-order valence-electron chi connectivity index (χ1n) is 6.32. The lowest BCUT2D eigenvalue weighted by atomic mass is 10.00. The summed E-state index contributed by atoms with van der Waals surface area (Å²) in [6.07, 6.45) is 0. The van der Waals surface area contributed by atoms with E-state index in [0.29, 0.717) is 17.4 Å². The minimum absolute atomic E-state index is 0.352. The molecule has 2 rings (SSSR count). The molecule has 2 aromatic rings. The standard InChI is InChI=1S/C16H15ClO4/c1-20-9-12-8-13(17)4-7-15(12)11-2-5-14(6-3-11)21-10-16(18)19/h2-8H,9-10H2,1H3,(H,18,19). The van der Waals surface area contributed by atoms with Crippen molar-refractivity contribution in [2.75, 3.05) is 13.7 Å². The van der Waals surface area contributed by atoms with Gasteiger partial charge in [0, 0.05) is 12.1 Å². The Bertz CT molecular complexity index is 623. The Hall–Kier alpha value is -2.04. The van der Waals surface area contributed by atoms with E-state index in [-0.39, 0.29) is 6.61 Å². The number of hydrogen-bond acceptors (Lipinski definition) is 3. The van der Waals surface area contributed by atoms with Crippen LogP contribution in [0.1, 0.15) is 5.56 Å². The van der Waals surface area contributed by atoms with Crippen LogP contribution < -0.4 is 4.74 Å². The second-order valence-corrected chi connectivity index (χ2v) is 4.88. The van der Waals surface area contributed by atoms with E-state index in [4.69, 9.17) is 26.2 Å². The van der Waals surface area contributed by atoms with Crippen molar-refractivity contribution < 1.29 is 19.4 Å². The van der Waals surface area contributed by atoms with E-state index in [1.807, 2.05) is 30.3 Å². The first kappa shape index (κ1) is 15.4. The van der Waals surface area contributed by atoms with Gasteiger partial charge in [0.25, 0.3) is 0 Å². The van der Waals surface area contributed by atoms with Crippen LogP contribution in [0.2, 0.25) is 5.02 Å². The summed E-state index contributed by atoms with van der Waals surface area (Å²) in [6.45, 7) is 0.113. The number of carboxylic acid groups (broad SMARTS) is 1. The highest BCUT2D eigenvalue weighted by Gasteiger charge is 2.07. The molecule has 0 aliphatic heterocycles. The van der Waals surface area contributed by atoms with Crippen LogP contribution >= 0.6 is 11.6 Å². The largest absolute Gasteiger partial charge is 0.482 e. The molecule has 5 heteroatoms. The van der Waals surface area contributed by atoms with Gasteiger partial charge in [-0.3, -0.25) is 0 Å². The zero-order valence-electron chi connectivity index (χ0n) is 11.5. The lowest BCUT2D eigenvalue weighted by Gasteiger charge is -2.10. The molecule has 0 atom stereocenters. The second kappa shape index (κ2) is 7.11. The molecule has 21 heavy (non-hydrogen) atoms. The summed E-state index contributed by atoms with van der Waals surface area (Å²) in [4.78, 5) is 10.5. The van der Waals surface area contributed by atoms with Crippen molar-refractivity contribution in [3.63, 3.8) is 0 Å². The van der Waals surface area contributed by atoms with Crippen molar-refractivity contribution in [2.45, 2.75) is 6.61 Å². The van der Waals surface area contributed by atoms with Gasteiger partial charge in [-0.15, -0.1) is 0 Å². The monoisotopic (exact) mass is 306 g/mol. The molecule has 0 saturated carbocycles. The molecule has 0 aliphatic rings. The number of halogens is 1. The number of carbonyl (C=O) groups is 1. The molecule has 0 aliphatic carbocycles. The van der Waals surface area contributed by atoms with E-state index < -0.39 is 5.97 Å². The highest BCUT2D eigenvalue weighted by Crippen LogP contribution is 2.28. The molecule has 2 aromatic carbocycles. The second-order valence-electron chi connectivity index (χ2n) is 4.44. The maximum Gasteiger partial charge on any atom is 0.341 e. The zero-order valence-corrected chi connectivity index (χ0v) is 12.3. The normalized spacial score (nSPS) is 10.4. The van der Waals surface area contributed by atoms with Crippen LogP contribution in [-0.2, 0) is 16.1 Å². The lowest BCUT2D eigenvalue weighted by Crippen LogP contribution is -2.09. The number of benzene rings is 2. The summed E-state index contributed by atoms with van der Waals surface area (Å²) < 4.78 is 10.3. The number of hydrogen-bond donors (Lipinski definition) is 1. The number of rotatable bonds is 6. The Morgan fingerprint density at radius 1 is 1.19 bits per heavy atom. The average molecular weight is 307 g/mol. The van der Waals surface area contributed by atoms with Crippen LogP contribution in [0.4, 0.5) is 0 Å². The number of ether oxygens (including phenoxy) is 2. The minimum atomic E-state index is -1.00. The van der Waals surface area contributed by atoms with Crippen LogP contribution in [0.5, 0.6) is 5.75 Å². The van der Waals surface area contributed by atoms with Gasteiger partial charge in [-0.2, -0.15) is 0 Å². The maximum absolute atomic E-state index is 10.5. The molecular weight excluding hydrogens is 292 g/mol. The molecule has 0 amide bonds. The zero-order chi connectivity index (χ0) is 15.2. The summed E-state index contributed by atoms with van der Waals surface area (Å²) in [5, 5.41) is 9.24. The third kappa shape index (κ3) is 4.21. The molecule has 0 aromatic heterocycles. The van der Waals surface area contributed by atoms with Crippen LogP contribution in [0.25, 0.3) is 11.1 Å². The van der Waals surface area contributed by atoms with Gasteiger partial charge in [0.1, 0.15) is 5.75 Å². The first-order chi connectivity index (χ1) is 10.1. The van der Waals surface area contributed by atoms with Crippen LogP contribution in [0.3, 0.4) is 0 Å². The van der Waals surface area contributed by atoms with Gasteiger partial charge in [0.2, 0.25) is 0 Å². The fourth-order valence-corrected chi connectivity index (χ4v) is 2.19. The molecule has 0 saturated heterocycles. The van der Waals surface area contributed by atoms with E-state index in [1.54, 1.807) is 19.2 Å². The topological polar surface area (TPSA) is 55.8 Å². The summed E-state index contributed by atoms with van der Waals surface area (Å²) in [7, 11) is 1.63. The van der Waals surface area contributed by atoms with Crippen molar-refractivity contribution in [1.29, 1.82) is 0 Å². The maximum atomic E-state index is 10.5. The van der Waals surface area contributed by atoms with Crippen molar-refractivity contribution in [2.24, 2.45) is 0 Å². The molecule has 0 spiro atoms. The SMILES string of the molecule is COCc1cc(Cl)ccc1-c1ccc(OCC(=O)O)cc1. The Morgan fingerprint density at radius 2 is 1.90 bits per heavy atom. The third-order valence-corrected chi connectivity index (χ3v) is 3.13. The molecule has 4 nitrogen and oxygen atoms in total. The molecule has 0 unspecified atom stereocenters. The fourth-order valence-electron chi connectivity index (χ4n) is 1.99. The summed E-state index contributed by atoms with van der Waals surface area (Å²) in [6, 6.07) is 12.9. The Morgan fingerprint density at radius 3 is 2.52 bits per heavy atom. The van der Waals surface area contributed by atoms with Gasteiger partial charge < -0.3 is 14.6 Å². The molecule has 0 radical (unpaired) electrons. The Balaban J connectivity index is 2.24. The molecule has 0 heterocycles. The predicted molar refractivity (Wildman–Crippen MR) is 80.7 cm³/mol. The van der Waals surface area contributed by atoms with Crippen molar-refractivity contribution >= 4 is 17.6 Å². The Labute approximate surface area is 127 Å². The van der Waals surface area contributed by atoms with Gasteiger partial charge >= 0.3 is 5.97 Å². The van der Waals surface area contributed by atoms with Crippen molar-refractivity contribution in [3.05, 3.63) is 53.1 Å². The smallest absolute Gasteiger partial charge is 0.341 e. The molecule has 0 bridgehead atoms. The van der Waals surface area contributed by atoms with E-state index in [0.717, 1.165) is 16.7 Å². The molecule has 1 N–H and O–H groups in total. The van der Waals surface area contributed by atoms with E-state index in [9.17, 15) is 4.79 Å². The average Bonchev–Trinajstić information content (AvgIpc) is 2.46. The van der Waals surface area contributed by atoms with Crippen LogP contribution in [-0.4, -0.2) is 24.8 Å². The highest BCUT2D eigenvalue weighted by atomic mass is 35.5. The molecule has 110 valence electrons. The number of aliphatic carboxylic acids is 1. The van der Waals surface area contributed by atoms with Gasteiger partial charge in [-0.25, -0.2) is 4.79 Å². The van der Waals surface area contributed by atoms with E-state index in [2.05, 4.69) is 0 Å². The highest BCUT2D eigenvalue weighted by molar-refractivity contribution is 6.30. The van der Waals surface area contributed by atoms with E-state index >= 15 is 0 Å². The summed E-state index contributed by atoms with van der Waals surface area (Å²) >= 11 is 6.00. The predicted octanol–water partition coefficient (Wildman–Crippen LogP) is 3.62. The third-order valence-electron chi connectivity index (χ3n) is 2.89. The quantitative estimate of drug-likeness (QED) is 0.885. The van der Waals surface area contributed by atoms with Crippen molar-refractivity contribution in [1.82, 2.24) is 0 Å². The van der Waals surface area contributed by atoms with E-state index in [1.165, 1.54) is 0 Å². The minimum Gasteiger partial charge on any atom is -0.482 e.